The molecule has 1 unspecified atom stereocenters. The highest BCUT2D eigenvalue weighted by molar-refractivity contribution is 5.89. The Morgan fingerprint density at radius 1 is 1.38 bits per heavy atom. The Balaban J connectivity index is 1.51. The van der Waals surface area contributed by atoms with Crippen molar-refractivity contribution in [1.29, 1.82) is 0 Å². The zero-order valence-electron chi connectivity index (χ0n) is 12.1. The van der Waals surface area contributed by atoms with Crippen LogP contribution in [-0.2, 0) is 0 Å². The largest absolute Gasteiger partial charge is 0.324 e. The smallest absolute Gasteiger partial charge is 0.321 e. The van der Waals surface area contributed by atoms with E-state index in [0.717, 1.165) is 32.3 Å². The van der Waals surface area contributed by atoms with Gasteiger partial charge in [-0.05, 0) is 44.3 Å². The molecule has 1 aromatic rings. The fourth-order valence-electron chi connectivity index (χ4n) is 3.17. The molecule has 114 valence electrons. The third-order valence-corrected chi connectivity index (χ3v) is 4.30. The number of amides is 2. The molecule has 2 amide bonds. The number of hydrogen-bond donors (Lipinski definition) is 1. The maximum atomic E-state index is 13.5. The third-order valence-electron chi connectivity index (χ3n) is 4.30. The molecule has 3 heterocycles. The van der Waals surface area contributed by atoms with Crippen LogP contribution in [0.15, 0.2) is 18.5 Å². The molecular formula is C15H21FN4O. The van der Waals surface area contributed by atoms with Crippen LogP contribution in [0.3, 0.4) is 0 Å². The summed E-state index contributed by atoms with van der Waals surface area (Å²) in [6.45, 7) is 4.95. The molecule has 0 bridgehead atoms. The summed E-state index contributed by atoms with van der Waals surface area (Å²) in [5.74, 6) is 0.0369. The molecule has 3 rings (SSSR count). The number of urea groups is 1. The van der Waals surface area contributed by atoms with Crippen molar-refractivity contribution in [3.05, 3.63) is 24.3 Å². The maximum Gasteiger partial charge on any atom is 0.321 e. The minimum absolute atomic E-state index is 0.193. The van der Waals surface area contributed by atoms with Crippen molar-refractivity contribution in [3.8, 4) is 0 Å². The number of nitrogens with zero attached hydrogens (tertiary/aromatic N) is 3. The Morgan fingerprint density at radius 2 is 2.19 bits per heavy atom. The number of nitrogens with one attached hydrogen (secondary N) is 1. The molecule has 2 aliphatic heterocycles. The van der Waals surface area contributed by atoms with Crippen LogP contribution in [0, 0.1) is 11.7 Å². The number of halogens is 1. The fourth-order valence-corrected chi connectivity index (χ4v) is 3.17. The number of carbonyl (C=O) groups excluding carboxylic acids is 1. The molecule has 1 aromatic heterocycles. The zero-order valence-corrected chi connectivity index (χ0v) is 12.1. The van der Waals surface area contributed by atoms with E-state index in [4.69, 9.17) is 0 Å². The summed E-state index contributed by atoms with van der Waals surface area (Å²) in [7, 11) is 0. The second-order valence-electron chi connectivity index (χ2n) is 5.89. The molecule has 2 saturated heterocycles. The van der Waals surface area contributed by atoms with Crippen molar-refractivity contribution in [2.24, 2.45) is 5.92 Å². The second-order valence-corrected chi connectivity index (χ2v) is 5.89. The first-order valence-electron chi connectivity index (χ1n) is 7.60. The van der Waals surface area contributed by atoms with Gasteiger partial charge in [-0.1, -0.05) is 0 Å². The van der Waals surface area contributed by atoms with E-state index in [1.807, 2.05) is 0 Å². The Kier molecular flexibility index (Phi) is 4.34. The molecule has 2 fully saturated rings. The number of aromatic nitrogens is 1. The highest BCUT2D eigenvalue weighted by Gasteiger charge is 2.28. The van der Waals surface area contributed by atoms with Gasteiger partial charge in [0.25, 0.3) is 0 Å². The molecule has 0 spiro atoms. The lowest BCUT2D eigenvalue weighted by molar-refractivity contribution is 0.217. The van der Waals surface area contributed by atoms with Crippen LogP contribution in [0.1, 0.15) is 19.3 Å². The molecular weight excluding hydrogens is 271 g/mol. The first-order valence-corrected chi connectivity index (χ1v) is 7.60. The Morgan fingerprint density at radius 3 is 2.95 bits per heavy atom. The summed E-state index contributed by atoms with van der Waals surface area (Å²) in [6.07, 6.45) is 6.19. The average Bonchev–Trinajstić information content (AvgIpc) is 3.13. The van der Waals surface area contributed by atoms with Gasteiger partial charge in [-0.3, -0.25) is 4.98 Å². The van der Waals surface area contributed by atoms with Gasteiger partial charge < -0.3 is 15.1 Å². The lowest BCUT2D eigenvalue weighted by Crippen LogP contribution is -2.35. The summed E-state index contributed by atoms with van der Waals surface area (Å²) in [5.41, 5.74) is 0.193. The third kappa shape index (κ3) is 3.50. The van der Waals surface area contributed by atoms with Crippen LogP contribution in [-0.4, -0.2) is 53.5 Å². The number of carbonyl (C=O) groups is 1. The van der Waals surface area contributed by atoms with Crippen molar-refractivity contribution in [2.75, 3.05) is 38.0 Å². The van der Waals surface area contributed by atoms with Crippen molar-refractivity contribution in [2.45, 2.75) is 19.3 Å². The van der Waals surface area contributed by atoms with Crippen molar-refractivity contribution < 1.29 is 9.18 Å². The molecule has 6 heteroatoms. The maximum absolute atomic E-state index is 13.5. The van der Waals surface area contributed by atoms with Gasteiger partial charge in [0.15, 0.2) is 5.82 Å². The number of pyridine rings is 1. The number of rotatable bonds is 3. The quantitative estimate of drug-likeness (QED) is 0.929. The number of likely N-dealkylation sites (tertiary alicyclic amines) is 2. The van der Waals surface area contributed by atoms with E-state index in [9.17, 15) is 9.18 Å². The van der Waals surface area contributed by atoms with Gasteiger partial charge in [0.05, 0.1) is 11.9 Å². The van der Waals surface area contributed by atoms with Gasteiger partial charge in [-0.25, -0.2) is 9.18 Å². The first-order chi connectivity index (χ1) is 10.2. The predicted molar refractivity (Wildman–Crippen MR) is 78.6 cm³/mol. The Hall–Kier alpha value is -1.69. The molecule has 0 radical (unpaired) electrons. The summed E-state index contributed by atoms with van der Waals surface area (Å²) in [5, 5.41) is 2.62. The van der Waals surface area contributed by atoms with E-state index in [2.05, 4.69) is 15.2 Å². The van der Waals surface area contributed by atoms with Gasteiger partial charge in [0.2, 0.25) is 0 Å². The predicted octanol–water partition coefficient (Wildman–Crippen LogP) is 2.17. The molecule has 5 nitrogen and oxygen atoms in total. The fraction of sp³-hybridized carbons (Fsp3) is 0.600. The molecule has 2 aliphatic rings. The van der Waals surface area contributed by atoms with Crippen LogP contribution in [0.2, 0.25) is 0 Å². The lowest BCUT2D eigenvalue weighted by atomic mass is 10.1. The second kappa shape index (κ2) is 6.39. The van der Waals surface area contributed by atoms with Crippen LogP contribution in [0.4, 0.5) is 14.9 Å². The van der Waals surface area contributed by atoms with Crippen LogP contribution in [0.5, 0.6) is 0 Å². The van der Waals surface area contributed by atoms with Crippen molar-refractivity contribution >= 4 is 11.7 Å². The molecule has 21 heavy (non-hydrogen) atoms. The minimum atomic E-state index is -0.501. The standard InChI is InChI=1S/C15H21FN4O/c16-13-9-17-5-3-14(13)18-15(21)20-8-4-12(11-20)10-19-6-1-2-7-19/h3,5,9,12H,1-2,4,6-8,10-11H2,(H,17,18,21). The highest BCUT2D eigenvalue weighted by atomic mass is 19.1. The normalized spacial score (nSPS) is 22.7. The van der Waals surface area contributed by atoms with Crippen LogP contribution < -0.4 is 5.32 Å². The topological polar surface area (TPSA) is 48.5 Å². The van der Waals surface area contributed by atoms with E-state index in [-0.39, 0.29) is 11.7 Å². The van der Waals surface area contributed by atoms with Gasteiger partial charge in [-0.2, -0.15) is 0 Å². The Bertz CT molecular complexity index is 504. The van der Waals surface area contributed by atoms with Crippen LogP contribution in [0.25, 0.3) is 0 Å². The molecule has 1 N–H and O–H groups in total. The molecule has 0 saturated carbocycles. The summed E-state index contributed by atoms with van der Waals surface area (Å²) < 4.78 is 13.5. The average molecular weight is 292 g/mol. The monoisotopic (exact) mass is 292 g/mol. The van der Waals surface area contributed by atoms with E-state index in [1.54, 1.807) is 4.90 Å². The summed E-state index contributed by atoms with van der Waals surface area (Å²) in [6, 6.07) is 1.26. The van der Waals surface area contributed by atoms with Gasteiger partial charge >= 0.3 is 6.03 Å². The zero-order chi connectivity index (χ0) is 14.7. The van der Waals surface area contributed by atoms with Crippen molar-refractivity contribution in [3.63, 3.8) is 0 Å². The SMILES string of the molecule is O=C(Nc1ccncc1F)N1CCC(CN2CCCC2)C1. The minimum Gasteiger partial charge on any atom is -0.324 e. The van der Waals surface area contributed by atoms with Crippen molar-refractivity contribution in [1.82, 2.24) is 14.8 Å². The van der Waals surface area contributed by atoms with E-state index >= 15 is 0 Å². The number of anilines is 1. The Labute approximate surface area is 124 Å². The lowest BCUT2D eigenvalue weighted by Gasteiger charge is -2.21. The van der Waals surface area contributed by atoms with Gasteiger partial charge in [0, 0.05) is 25.8 Å². The molecule has 0 aromatic carbocycles. The van der Waals surface area contributed by atoms with Gasteiger partial charge in [-0.15, -0.1) is 0 Å². The van der Waals surface area contributed by atoms with Crippen LogP contribution >= 0.6 is 0 Å². The first kappa shape index (κ1) is 14.3. The highest BCUT2D eigenvalue weighted by Crippen LogP contribution is 2.21. The number of hydrogen-bond acceptors (Lipinski definition) is 3. The van der Waals surface area contributed by atoms with E-state index in [0.29, 0.717) is 5.92 Å². The molecule has 0 aliphatic carbocycles. The van der Waals surface area contributed by atoms with E-state index in [1.165, 1.54) is 38.2 Å². The molecule has 1 atom stereocenters. The summed E-state index contributed by atoms with van der Waals surface area (Å²) in [4.78, 5) is 20.1. The summed E-state index contributed by atoms with van der Waals surface area (Å²) >= 11 is 0. The van der Waals surface area contributed by atoms with E-state index < -0.39 is 5.82 Å². The van der Waals surface area contributed by atoms with Gasteiger partial charge in [0.1, 0.15) is 0 Å².